The summed E-state index contributed by atoms with van der Waals surface area (Å²) in [6, 6.07) is 0.841. The van der Waals surface area contributed by atoms with Crippen molar-refractivity contribution >= 4 is 27.5 Å². The van der Waals surface area contributed by atoms with Crippen LogP contribution in [-0.2, 0) is 17.4 Å². The van der Waals surface area contributed by atoms with Gasteiger partial charge in [-0.25, -0.2) is 0 Å². The molecule has 1 saturated carbocycles. The Morgan fingerprint density at radius 3 is 2.60 bits per heavy atom. The minimum absolute atomic E-state index is 0.111. The maximum atomic E-state index is 12.8. The molecule has 1 fully saturated rings. The number of alkyl halides is 4. The lowest BCUT2D eigenvalue weighted by molar-refractivity contribution is -0.137. The van der Waals surface area contributed by atoms with Crippen LogP contribution in [0.3, 0.4) is 0 Å². The molecule has 0 unspecified atom stereocenters. The van der Waals surface area contributed by atoms with Crippen LogP contribution in [0, 0.1) is 6.57 Å². The fraction of sp³-hybridized carbons (Fsp3) is 0.462. The Morgan fingerprint density at radius 2 is 2.15 bits per heavy atom. The Morgan fingerprint density at radius 1 is 1.50 bits per heavy atom. The highest BCUT2D eigenvalue weighted by Crippen LogP contribution is 2.42. The number of aromatic nitrogens is 1. The first-order chi connectivity index (χ1) is 9.26. The second kappa shape index (κ2) is 5.17. The summed E-state index contributed by atoms with van der Waals surface area (Å²) in [5, 5.41) is 0. The molecule has 0 N–H and O–H groups in total. The first kappa shape index (κ1) is 15.0. The Balaban J connectivity index is 2.26. The van der Waals surface area contributed by atoms with Crippen molar-refractivity contribution in [3.63, 3.8) is 0 Å². The molecule has 1 aromatic rings. The number of pyridine rings is 1. The van der Waals surface area contributed by atoms with Gasteiger partial charge in [0, 0.05) is 12.0 Å². The molecule has 106 valence electrons. The molecule has 0 radical (unpaired) electrons. The third-order valence-electron chi connectivity index (χ3n) is 3.35. The molecule has 0 aliphatic heterocycles. The molecule has 3 nitrogen and oxygen atoms in total. The second-order valence-electron chi connectivity index (χ2n) is 4.74. The monoisotopic (exact) mass is 346 g/mol. The van der Waals surface area contributed by atoms with Crippen molar-refractivity contribution in [1.82, 2.24) is 4.98 Å². The van der Waals surface area contributed by atoms with E-state index in [2.05, 4.69) is 25.8 Å². The van der Waals surface area contributed by atoms with Crippen molar-refractivity contribution in [2.24, 2.45) is 0 Å². The standard InChI is InChI=1S/C13H10BrF3N2O/c1-18-11-9(13(15,16)17)5-8(7-19-11)6-10(20)12(14)3-2-4-12/h5,7H,2-4,6H2. The van der Waals surface area contributed by atoms with Gasteiger partial charge in [-0.3, -0.25) is 4.79 Å². The molecular formula is C13H10BrF3N2O. The maximum Gasteiger partial charge on any atom is 0.409 e. The van der Waals surface area contributed by atoms with E-state index < -0.39 is 21.9 Å². The van der Waals surface area contributed by atoms with Gasteiger partial charge in [-0.05, 0) is 19.3 Å². The molecule has 0 spiro atoms. The zero-order valence-electron chi connectivity index (χ0n) is 10.3. The third kappa shape index (κ3) is 2.85. The predicted octanol–water partition coefficient (Wildman–Crippen LogP) is 4.08. The summed E-state index contributed by atoms with van der Waals surface area (Å²) in [5.74, 6) is -0.833. The molecule has 20 heavy (non-hydrogen) atoms. The van der Waals surface area contributed by atoms with Gasteiger partial charge in [-0.15, -0.1) is 4.98 Å². The number of nitrogens with zero attached hydrogens (tertiary/aromatic N) is 2. The molecule has 2 rings (SSSR count). The molecule has 1 aromatic heterocycles. The van der Waals surface area contributed by atoms with Crippen LogP contribution in [0.4, 0.5) is 19.0 Å². The van der Waals surface area contributed by atoms with Gasteiger partial charge in [-0.1, -0.05) is 28.6 Å². The zero-order chi connectivity index (χ0) is 15.0. The van der Waals surface area contributed by atoms with Crippen LogP contribution < -0.4 is 0 Å². The summed E-state index contributed by atoms with van der Waals surface area (Å²) in [7, 11) is 0. The van der Waals surface area contributed by atoms with E-state index in [1.807, 2.05) is 0 Å². The van der Waals surface area contributed by atoms with Crippen LogP contribution >= 0.6 is 15.9 Å². The molecule has 0 amide bonds. The van der Waals surface area contributed by atoms with Crippen molar-refractivity contribution in [2.75, 3.05) is 0 Å². The minimum atomic E-state index is -4.64. The lowest BCUT2D eigenvalue weighted by atomic mass is 9.80. The SMILES string of the molecule is [C-]#[N+]c1ncc(CC(=O)C2(Br)CCC2)cc1C(F)(F)F. The van der Waals surface area contributed by atoms with Crippen LogP contribution in [0.1, 0.15) is 30.4 Å². The summed E-state index contributed by atoms with van der Waals surface area (Å²) in [4.78, 5) is 18.3. The fourth-order valence-corrected chi connectivity index (χ4v) is 2.71. The number of hydrogen-bond donors (Lipinski definition) is 0. The van der Waals surface area contributed by atoms with Crippen molar-refractivity contribution in [1.29, 1.82) is 0 Å². The minimum Gasteiger partial charge on any atom is -0.360 e. The Bertz CT molecular complexity index is 588. The van der Waals surface area contributed by atoms with Crippen LogP contribution in [0.5, 0.6) is 0 Å². The zero-order valence-corrected chi connectivity index (χ0v) is 11.9. The van der Waals surface area contributed by atoms with Crippen molar-refractivity contribution in [3.05, 3.63) is 34.8 Å². The average molecular weight is 347 g/mol. The second-order valence-corrected chi connectivity index (χ2v) is 6.26. The average Bonchev–Trinajstić information content (AvgIpc) is 2.34. The van der Waals surface area contributed by atoms with Crippen molar-refractivity contribution < 1.29 is 18.0 Å². The first-order valence-electron chi connectivity index (χ1n) is 5.92. The molecular weight excluding hydrogens is 337 g/mol. The van der Waals surface area contributed by atoms with Gasteiger partial charge in [-0.2, -0.15) is 13.2 Å². The lowest BCUT2D eigenvalue weighted by Gasteiger charge is -2.34. The molecule has 7 heteroatoms. The maximum absolute atomic E-state index is 12.8. The Hall–Kier alpha value is -1.42. The number of rotatable bonds is 3. The summed E-state index contributed by atoms with van der Waals surface area (Å²) < 4.78 is 37.8. The van der Waals surface area contributed by atoms with E-state index in [4.69, 9.17) is 6.57 Å². The number of halogens is 4. The van der Waals surface area contributed by atoms with Crippen LogP contribution in [0.15, 0.2) is 12.3 Å². The van der Waals surface area contributed by atoms with Crippen LogP contribution in [-0.4, -0.2) is 15.1 Å². The normalized spacial score (nSPS) is 17.1. The van der Waals surface area contributed by atoms with Gasteiger partial charge in [0.05, 0.1) is 9.89 Å². The van der Waals surface area contributed by atoms with E-state index in [0.717, 1.165) is 18.7 Å². The summed E-state index contributed by atoms with van der Waals surface area (Å²) in [6.07, 6.45) is -1.26. The highest BCUT2D eigenvalue weighted by molar-refractivity contribution is 9.10. The first-order valence-corrected chi connectivity index (χ1v) is 6.71. The van der Waals surface area contributed by atoms with E-state index in [9.17, 15) is 18.0 Å². The van der Waals surface area contributed by atoms with E-state index in [0.29, 0.717) is 12.8 Å². The largest absolute Gasteiger partial charge is 0.409 e. The summed E-state index contributed by atoms with van der Waals surface area (Å²) >= 11 is 3.34. The fourth-order valence-electron chi connectivity index (χ4n) is 2.01. The number of Topliss-reactive ketones (excluding diaryl/α,β-unsaturated/α-hetero) is 1. The van der Waals surface area contributed by atoms with Crippen LogP contribution in [0.2, 0.25) is 0 Å². The topological polar surface area (TPSA) is 34.3 Å². The van der Waals surface area contributed by atoms with Crippen LogP contribution in [0.25, 0.3) is 4.85 Å². The summed E-state index contributed by atoms with van der Waals surface area (Å²) in [5.41, 5.74) is -0.907. The van der Waals surface area contributed by atoms with Gasteiger partial charge in [0.15, 0.2) is 5.78 Å². The highest BCUT2D eigenvalue weighted by Gasteiger charge is 2.41. The van der Waals surface area contributed by atoms with Gasteiger partial charge in [0.1, 0.15) is 6.20 Å². The summed E-state index contributed by atoms with van der Waals surface area (Å²) in [6.45, 7) is 6.70. The lowest BCUT2D eigenvalue weighted by Crippen LogP contribution is -2.40. The molecule has 1 aliphatic carbocycles. The Kier molecular flexibility index (Phi) is 3.87. The molecule has 0 atom stereocenters. The van der Waals surface area contributed by atoms with Gasteiger partial charge < -0.3 is 4.85 Å². The van der Waals surface area contributed by atoms with E-state index >= 15 is 0 Å². The van der Waals surface area contributed by atoms with Gasteiger partial charge in [0.25, 0.3) is 5.82 Å². The molecule has 1 aliphatic rings. The number of hydrogen-bond acceptors (Lipinski definition) is 2. The predicted molar refractivity (Wildman–Crippen MR) is 69.7 cm³/mol. The third-order valence-corrected chi connectivity index (χ3v) is 4.58. The molecule has 0 bridgehead atoms. The quantitative estimate of drug-likeness (QED) is 0.610. The van der Waals surface area contributed by atoms with E-state index in [1.54, 1.807) is 0 Å². The van der Waals surface area contributed by atoms with E-state index in [1.165, 1.54) is 0 Å². The Labute approximate surface area is 122 Å². The van der Waals surface area contributed by atoms with Gasteiger partial charge in [0.2, 0.25) is 0 Å². The number of ketones is 1. The molecule has 0 saturated heterocycles. The highest BCUT2D eigenvalue weighted by atomic mass is 79.9. The van der Waals surface area contributed by atoms with Crippen molar-refractivity contribution in [2.45, 2.75) is 36.2 Å². The molecule has 0 aromatic carbocycles. The smallest absolute Gasteiger partial charge is 0.360 e. The number of carbonyl (C=O) groups excluding carboxylic acids is 1. The van der Waals surface area contributed by atoms with Gasteiger partial charge >= 0.3 is 6.18 Å². The van der Waals surface area contributed by atoms with Crippen molar-refractivity contribution in [3.8, 4) is 0 Å². The number of carbonyl (C=O) groups is 1. The molecule has 1 heterocycles. The van der Waals surface area contributed by atoms with E-state index in [-0.39, 0.29) is 17.8 Å².